The molecule has 4 aromatic carbocycles. The van der Waals surface area contributed by atoms with Gasteiger partial charge in [0, 0.05) is 17.1 Å². The van der Waals surface area contributed by atoms with Crippen LogP contribution in [0.1, 0.15) is 11.1 Å². The topological polar surface area (TPSA) is 36.7 Å². The summed E-state index contributed by atoms with van der Waals surface area (Å²) in [5.74, 6) is 0. The minimum absolute atomic E-state index is 0.679. The molecule has 2 heteroatoms. The van der Waals surface area contributed by atoms with Gasteiger partial charge in [-0.25, -0.2) is 0 Å². The van der Waals surface area contributed by atoms with Crippen LogP contribution >= 0.6 is 0 Å². The van der Waals surface area contributed by atoms with E-state index in [2.05, 4.69) is 60.4 Å². The molecule has 5 rings (SSSR count). The third-order valence-corrected chi connectivity index (χ3v) is 5.28. The molecule has 0 aliphatic heterocycles. The lowest BCUT2D eigenvalue weighted by Gasteiger charge is -2.11. The van der Waals surface area contributed by atoms with Crippen molar-refractivity contribution in [2.45, 2.75) is 6.92 Å². The van der Waals surface area contributed by atoms with E-state index in [-0.39, 0.29) is 0 Å². The predicted molar refractivity (Wildman–Crippen MR) is 112 cm³/mol. The molecule has 2 nitrogen and oxygen atoms in total. The van der Waals surface area contributed by atoms with Crippen molar-refractivity contribution in [2.75, 3.05) is 0 Å². The van der Waals surface area contributed by atoms with Crippen LogP contribution < -0.4 is 0 Å². The molecule has 0 amide bonds. The number of rotatable bonds is 1. The van der Waals surface area contributed by atoms with E-state index in [0.717, 1.165) is 27.4 Å². The highest BCUT2D eigenvalue weighted by Crippen LogP contribution is 2.34. The first-order valence-corrected chi connectivity index (χ1v) is 8.96. The first-order valence-electron chi connectivity index (χ1n) is 8.96. The van der Waals surface area contributed by atoms with Crippen molar-refractivity contribution < 1.29 is 0 Å². The lowest BCUT2D eigenvalue weighted by atomic mass is 9.94. The van der Waals surface area contributed by atoms with Gasteiger partial charge in [0.25, 0.3) is 0 Å². The molecular weight excluding hydrogens is 328 g/mol. The van der Waals surface area contributed by atoms with E-state index in [1.54, 1.807) is 0 Å². The number of hydrogen-bond acceptors (Lipinski definition) is 2. The fourth-order valence-corrected chi connectivity index (χ4v) is 3.95. The average Bonchev–Trinajstić information content (AvgIpc) is 2.72. The van der Waals surface area contributed by atoms with Crippen molar-refractivity contribution in [2.24, 2.45) is 0 Å². The van der Waals surface area contributed by atoms with Crippen LogP contribution in [0.3, 0.4) is 0 Å². The summed E-state index contributed by atoms with van der Waals surface area (Å²) in [6.45, 7) is 2.14. The van der Waals surface area contributed by atoms with Crippen molar-refractivity contribution >= 4 is 32.3 Å². The molecule has 0 saturated heterocycles. The lowest BCUT2D eigenvalue weighted by Crippen LogP contribution is -1.90. The SMILES string of the molecule is Cc1cccc2c1ccc1c(-c3cc(C#N)c4ccccc4c3)nccc12. The summed E-state index contributed by atoms with van der Waals surface area (Å²) in [6, 6.07) is 27.2. The number of nitrogens with zero attached hydrogens (tertiary/aromatic N) is 2. The zero-order valence-corrected chi connectivity index (χ0v) is 14.9. The predicted octanol–water partition coefficient (Wildman–Crippen LogP) is 6.39. The molecule has 5 aromatic rings. The van der Waals surface area contributed by atoms with E-state index >= 15 is 0 Å². The number of aromatic nitrogens is 1. The second kappa shape index (κ2) is 5.93. The summed E-state index contributed by atoms with van der Waals surface area (Å²) in [4.78, 5) is 4.68. The monoisotopic (exact) mass is 344 g/mol. The molecule has 0 atom stereocenters. The van der Waals surface area contributed by atoms with Crippen LogP contribution in [0.5, 0.6) is 0 Å². The van der Waals surface area contributed by atoms with E-state index in [9.17, 15) is 5.26 Å². The fraction of sp³-hybridized carbons (Fsp3) is 0.0400. The maximum Gasteiger partial charge on any atom is 0.0998 e. The van der Waals surface area contributed by atoms with Gasteiger partial charge < -0.3 is 0 Å². The summed E-state index contributed by atoms with van der Waals surface area (Å²) in [5.41, 5.74) is 3.84. The summed E-state index contributed by atoms with van der Waals surface area (Å²) < 4.78 is 0. The second-order valence-electron chi connectivity index (χ2n) is 6.85. The first kappa shape index (κ1) is 15.5. The van der Waals surface area contributed by atoms with Gasteiger partial charge >= 0.3 is 0 Å². The summed E-state index contributed by atoms with van der Waals surface area (Å²) >= 11 is 0. The Hall–Kier alpha value is -3.70. The minimum atomic E-state index is 0.679. The van der Waals surface area contributed by atoms with Gasteiger partial charge in [-0.1, -0.05) is 54.6 Å². The van der Waals surface area contributed by atoms with Crippen molar-refractivity contribution in [1.82, 2.24) is 4.98 Å². The van der Waals surface area contributed by atoms with Crippen LogP contribution in [-0.4, -0.2) is 4.98 Å². The average molecular weight is 344 g/mol. The van der Waals surface area contributed by atoms with Crippen LogP contribution in [0.15, 0.2) is 79.0 Å². The maximum absolute atomic E-state index is 9.62. The molecule has 0 N–H and O–H groups in total. The van der Waals surface area contributed by atoms with Crippen molar-refractivity contribution in [3.8, 4) is 17.3 Å². The molecule has 126 valence electrons. The Morgan fingerprint density at radius 3 is 2.41 bits per heavy atom. The van der Waals surface area contributed by atoms with Gasteiger partial charge in [-0.05, 0) is 57.6 Å². The first-order chi connectivity index (χ1) is 13.3. The Labute approximate surface area is 157 Å². The van der Waals surface area contributed by atoms with Gasteiger partial charge in [-0.2, -0.15) is 5.26 Å². The molecule has 0 unspecified atom stereocenters. The van der Waals surface area contributed by atoms with Gasteiger partial charge in [0.2, 0.25) is 0 Å². The fourth-order valence-electron chi connectivity index (χ4n) is 3.95. The largest absolute Gasteiger partial charge is 0.256 e. The molecule has 0 radical (unpaired) electrons. The van der Waals surface area contributed by atoms with E-state index < -0.39 is 0 Å². The molecular formula is C25H16N2. The Morgan fingerprint density at radius 2 is 1.52 bits per heavy atom. The second-order valence-corrected chi connectivity index (χ2v) is 6.85. The summed E-state index contributed by atoms with van der Waals surface area (Å²) in [6.07, 6.45) is 1.86. The standard InChI is InChI=1S/C25H16N2/c1-16-5-4-8-22-20(16)9-10-24-23(22)11-12-27-25(24)18-13-17-6-2-3-7-21(17)19(14-18)15-26/h2-14H,1H3. The summed E-state index contributed by atoms with van der Waals surface area (Å²) in [5, 5.41) is 16.4. The highest BCUT2D eigenvalue weighted by Gasteiger charge is 2.11. The molecule has 0 bridgehead atoms. The quantitative estimate of drug-likeness (QED) is 0.330. The van der Waals surface area contributed by atoms with Gasteiger partial charge in [0.15, 0.2) is 0 Å². The number of hydrogen-bond donors (Lipinski definition) is 0. The number of benzene rings is 4. The molecule has 1 aromatic heterocycles. The minimum Gasteiger partial charge on any atom is -0.256 e. The molecule has 0 saturated carbocycles. The number of pyridine rings is 1. The number of nitriles is 1. The Balaban J connectivity index is 1.86. The third kappa shape index (κ3) is 2.37. The molecule has 0 spiro atoms. The number of fused-ring (bicyclic) bond motifs is 4. The van der Waals surface area contributed by atoms with Gasteiger partial charge in [-0.3, -0.25) is 4.98 Å². The van der Waals surface area contributed by atoms with E-state index in [0.29, 0.717) is 5.56 Å². The third-order valence-electron chi connectivity index (χ3n) is 5.28. The summed E-state index contributed by atoms with van der Waals surface area (Å²) in [7, 11) is 0. The van der Waals surface area contributed by atoms with Crippen molar-refractivity contribution in [3.63, 3.8) is 0 Å². The van der Waals surface area contributed by atoms with Crippen LogP contribution in [-0.2, 0) is 0 Å². The Morgan fingerprint density at radius 1 is 0.741 bits per heavy atom. The van der Waals surface area contributed by atoms with Crippen molar-refractivity contribution in [3.05, 3.63) is 90.1 Å². The van der Waals surface area contributed by atoms with Gasteiger partial charge in [0.1, 0.15) is 0 Å². The Kier molecular flexibility index (Phi) is 3.42. The van der Waals surface area contributed by atoms with Gasteiger partial charge in [0.05, 0.1) is 17.3 Å². The highest BCUT2D eigenvalue weighted by molar-refractivity contribution is 6.12. The normalized spacial score (nSPS) is 11.1. The number of aryl methyl sites for hydroxylation is 1. The molecule has 27 heavy (non-hydrogen) atoms. The van der Waals surface area contributed by atoms with Crippen molar-refractivity contribution in [1.29, 1.82) is 5.26 Å². The van der Waals surface area contributed by atoms with Crippen LogP contribution in [0.25, 0.3) is 43.6 Å². The van der Waals surface area contributed by atoms with E-state index in [4.69, 9.17) is 0 Å². The molecule has 0 aliphatic carbocycles. The van der Waals surface area contributed by atoms with E-state index in [1.807, 2.05) is 36.5 Å². The smallest absolute Gasteiger partial charge is 0.0998 e. The van der Waals surface area contributed by atoms with Crippen LogP contribution in [0.4, 0.5) is 0 Å². The zero-order valence-electron chi connectivity index (χ0n) is 14.9. The Bertz CT molecular complexity index is 1390. The molecule has 1 heterocycles. The van der Waals surface area contributed by atoms with E-state index in [1.165, 1.54) is 21.7 Å². The van der Waals surface area contributed by atoms with Crippen LogP contribution in [0, 0.1) is 18.3 Å². The molecule has 0 aliphatic rings. The maximum atomic E-state index is 9.62. The lowest BCUT2D eigenvalue weighted by molar-refractivity contribution is 1.36. The van der Waals surface area contributed by atoms with Gasteiger partial charge in [-0.15, -0.1) is 0 Å². The highest BCUT2D eigenvalue weighted by atomic mass is 14.7. The van der Waals surface area contributed by atoms with Crippen LogP contribution in [0.2, 0.25) is 0 Å². The zero-order chi connectivity index (χ0) is 18.4. The molecule has 0 fully saturated rings.